The molecule has 2 aromatic rings. The topological polar surface area (TPSA) is 106 Å². The zero-order valence-corrected chi connectivity index (χ0v) is 14.8. The Morgan fingerprint density at radius 3 is 2.63 bits per heavy atom. The summed E-state index contributed by atoms with van der Waals surface area (Å²) < 4.78 is 0. The summed E-state index contributed by atoms with van der Waals surface area (Å²) in [5, 5.41) is 12.0. The summed E-state index contributed by atoms with van der Waals surface area (Å²) in [5.41, 5.74) is 1.42. The summed E-state index contributed by atoms with van der Waals surface area (Å²) in [6.07, 6.45) is 1.07. The van der Waals surface area contributed by atoms with E-state index >= 15 is 0 Å². The molecule has 2 amide bonds. The summed E-state index contributed by atoms with van der Waals surface area (Å²) in [6.45, 7) is 2.50. The third-order valence-corrected chi connectivity index (χ3v) is 5.62. The molecule has 1 spiro atoms. The smallest absolute Gasteiger partial charge is 0.266 e. The maximum atomic E-state index is 12.9. The van der Waals surface area contributed by atoms with E-state index in [2.05, 4.69) is 10.3 Å². The number of nitrogens with one attached hydrogen (secondary N) is 2. The first-order valence-electron chi connectivity index (χ1n) is 8.80. The van der Waals surface area contributed by atoms with Crippen molar-refractivity contribution in [3.8, 4) is 6.07 Å². The number of likely N-dealkylation sites (tertiary alicyclic amines) is 1. The van der Waals surface area contributed by atoms with Crippen LogP contribution in [0.1, 0.15) is 40.0 Å². The van der Waals surface area contributed by atoms with Crippen LogP contribution in [0.4, 0.5) is 5.69 Å². The van der Waals surface area contributed by atoms with Crippen LogP contribution in [-0.4, -0.2) is 34.8 Å². The second kappa shape index (κ2) is 6.09. The lowest BCUT2D eigenvalue weighted by Crippen LogP contribution is -2.48. The van der Waals surface area contributed by atoms with Crippen LogP contribution in [0.3, 0.4) is 0 Å². The number of aromatic nitrogens is 1. The Bertz CT molecular complexity index is 1060. The second-order valence-electron chi connectivity index (χ2n) is 7.04. The quantitative estimate of drug-likeness (QED) is 0.805. The molecule has 2 aliphatic heterocycles. The number of pyridine rings is 1. The van der Waals surface area contributed by atoms with Crippen molar-refractivity contribution in [2.45, 2.75) is 25.2 Å². The maximum Gasteiger partial charge on any atom is 0.266 e. The molecular formula is C20H18N4O3. The van der Waals surface area contributed by atoms with Gasteiger partial charge in [0.15, 0.2) is 0 Å². The molecule has 3 heterocycles. The number of aryl methyl sites for hydroxylation is 1. The van der Waals surface area contributed by atoms with Crippen molar-refractivity contribution in [1.82, 2.24) is 9.88 Å². The highest BCUT2D eigenvalue weighted by Gasteiger charge is 2.48. The van der Waals surface area contributed by atoms with Crippen molar-refractivity contribution in [2.24, 2.45) is 0 Å². The number of benzene rings is 1. The normalized spacial score (nSPS) is 17.3. The van der Waals surface area contributed by atoms with E-state index in [0.717, 1.165) is 11.3 Å². The fourth-order valence-corrected chi connectivity index (χ4v) is 4.06. The van der Waals surface area contributed by atoms with E-state index in [1.54, 1.807) is 11.8 Å². The van der Waals surface area contributed by atoms with Crippen LogP contribution in [0, 0.1) is 18.3 Å². The number of aromatic amines is 1. The number of H-pyrrole nitrogens is 1. The van der Waals surface area contributed by atoms with Gasteiger partial charge in [0.05, 0.1) is 11.0 Å². The number of anilines is 1. The molecule has 1 fully saturated rings. The standard InChI is InChI=1S/C20H18N4O3/c1-12-14(10-13(11-21)17(25)22-12)18(26)24-8-6-20(7-9-24)15-4-2-3-5-16(15)23-19(20)27/h2-5,10H,6-9H2,1H3,(H,22,25)(H,23,27). The summed E-state index contributed by atoms with van der Waals surface area (Å²) >= 11 is 0. The number of carbonyl (C=O) groups excluding carboxylic acids is 2. The highest BCUT2D eigenvalue weighted by atomic mass is 16.2. The molecule has 7 heteroatoms. The maximum absolute atomic E-state index is 12.9. The van der Waals surface area contributed by atoms with Crippen LogP contribution in [-0.2, 0) is 10.2 Å². The molecule has 27 heavy (non-hydrogen) atoms. The lowest BCUT2D eigenvalue weighted by atomic mass is 9.73. The van der Waals surface area contributed by atoms with E-state index in [1.807, 2.05) is 30.3 Å². The summed E-state index contributed by atoms with van der Waals surface area (Å²) in [5.74, 6) is -0.246. The minimum Gasteiger partial charge on any atom is -0.338 e. The molecule has 1 saturated heterocycles. The zero-order valence-electron chi connectivity index (χ0n) is 14.8. The van der Waals surface area contributed by atoms with Gasteiger partial charge in [-0.1, -0.05) is 18.2 Å². The largest absolute Gasteiger partial charge is 0.338 e. The van der Waals surface area contributed by atoms with Crippen LogP contribution in [0.5, 0.6) is 0 Å². The van der Waals surface area contributed by atoms with Gasteiger partial charge < -0.3 is 15.2 Å². The van der Waals surface area contributed by atoms with Gasteiger partial charge >= 0.3 is 0 Å². The van der Waals surface area contributed by atoms with Crippen molar-refractivity contribution >= 4 is 17.5 Å². The fourth-order valence-electron chi connectivity index (χ4n) is 4.06. The lowest BCUT2D eigenvalue weighted by molar-refractivity contribution is -0.122. The van der Waals surface area contributed by atoms with Gasteiger partial charge in [0.25, 0.3) is 11.5 Å². The summed E-state index contributed by atoms with van der Waals surface area (Å²) in [6, 6.07) is 10.8. The van der Waals surface area contributed by atoms with Crippen LogP contribution in [0.15, 0.2) is 35.1 Å². The first-order valence-corrected chi connectivity index (χ1v) is 8.80. The number of hydrogen-bond donors (Lipinski definition) is 2. The molecule has 0 atom stereocenters. The second-order valence-corrected chi connectivity index (χ2v) is 7.04. The zero-order chi connectivity index (χ0) is 19.2. The minimum atomic E-state index is -0.592. The first-order chi connectivity index (χ1) is 13.0. The molecule has 136 valence electrons. The van der Waals surface area contributed by atoms with Crippen LogP contribution in [0.25, 0.3) is 0 Å². The Kier molecular flexibility index (Phi) is 3.84. The van der Waals surface area contributed by atoms with Crippen molar-refractivity contribution in [3.05, 3.63) is 63.1 Å². The Labute approximate surface area is 155 Å². The number of fused-ring (bicyclic) bond motifs is 2. The molecule has 7 nitrogen and oxygen atoms in total. The SMILES string of the molecule is Cc1[nH]c(=O)c(C#N)cc1C(=O)N1CCC2(CC1)C(=O)Nc1ccccc12. The number of hydrogen-bond acceptors (Lipinski definition) is 4. The lowest BCUT2D eigenvalue weighted by Gasteiger charge is -2.38. The van der Waals surface area contributed by atoms with Gasteiger partial charge in [-0.3, -0.25) is 14.4 Å². The Morgan fingerprint density at radius 2 is 1.93 bits per heavy atom. The van der Waals surface area contributed by atoms with Crippen LogP contribution >= 0.6 is 0 Å². The van der Waals surface area contributed by atoms with Gasteiger partial charge in [-0.25, -0.2) is 0 Å². The highest BCUT2D eigenvalue weighted by molar-refractivity contribution is 6.06. The molecule has 0 saturated carbocycles. The van der Waals surface area contributed by atoms with Crippen molar-refractivity contribution in [2.75, 3.05) is 18.4 Å². The van der Waals surface area contributed by atoms with Crippen molar-refractivity contribution < 1.29 is 9.59 Å². The summed E-state index contributed by atoms with van der Waals surface area (Å²) in [7, 11) is 0. The van der Waals surface area contributed by atoms with Gasteiger partial charge in [0.2, 0.25) is 5.91 Å². The van der Waals surface area contributed by atoms with E-state index in [0.29, 0.717) is 37.2 Å². The van der Waals surface area contributed by atoms with Crippen molar-refractivity contribution in [1.29, 1.82) is 5.26 Å². The van der Waals surface area contributed by atoms with Crippen LogP contribution < -0.4 is 10.9 Å². The predicted molar refractivity (Wildman–Crippen MR) is 98.4 cm³/mol. The predicted octanol–water partition coefficient (Wildman–Crippen LogP) is 1.68. The molecule has 0 radical (unpaired) electrons. The minimum absolute atomic E-state index is 0.0113. The number of para-hydroxylation sites is 1. The average Bonchev–Trinajstić information content (AvgIpc) is 2.94. The third kappa shape index (κ3) is 2.53. The van der Waals surface area contributed by atoms with Gasteiger partial charge in [-0.2, -0.15) is 5.26 Å². The van der Waals surface area contributed by atoms with Gasteiger partial charge in [-0.15, -0.1) is 0 Å². The number of nitrogens with zero attached hydrogens (tertiary/aromatic N) is 2. The number of amides is 2. The molecule has 0 aliphatic carbocycles. The fraction of sp³-hybridized carbons (Fsp3) is 0.300. The molecule has 2 N–H and O–H groups in total. The van der Waals surface area contributed by atoms with Crippen LogP contribution in [0.2, 0.25) is 0 Å². The monoisotopic (exact) mass is 362 g/mol. The Hall–Kier alpha value is -3.40. The Morgan fingerprint density at radius 1 is 1.22 bits per heavy atom. The average molecular weight is 362 g/mol. The first kappa shape index (κ1) is 17.0. The Balaban J connectivity index is 1.59. The van der Waals surface area contributed by atoms with Gasteiger partial charge in [-0.05, 0) is 37.5 Å². The molecule has 0 unspecified atom stereocenters. The number of nitriles is 1. The van der Waals surface area contributed by atoms with E-state index in [9.17, 15) is 14.4 Å². The van der Waals surface area contributed by atoms with E-state index in [4.69, 9.17) is 5.26 Å². The number of piperidine rings is 1. The highest BCUT2D eigenvalue weighted by Crippen LogP contribution is 2.44. The van der Waals surface area contributed by atoms with E-state index < -0.39 is 11.0 Å². The van der Waals surface area contributed by atoms with E-state index in [-0.39, 0.29) is 17.4 Å². The number of rotatable bonds is 1. The third-order valence-electron chi connectivity index (χ3n) is 5.62. The molecule has 2 aliphatic rings. The van der Waals surface area contributed by atoms with Gasteiger partial charge in [0, 0.05) is 24.5 Å². The number of carbonyl (C=O) groups is 2. The van der Waals surface area contributed by atoms with E-state index in [1.165, 1.54) is 6.07 Å². The molecule has 4 rings (SSSR count). The molecular weight excluding hydrogens is 344 g/mol. The van der Waals surface area contributed by atoms with Gasteiger partial charge in [0.1, 0.15) is 11.6 Å². The van der Waals surface area contributed by atoms with Crippen molar-refractivity contribution in [3.63, 3.8) is 0 Å². The molecule has 1 aromatic carbocycles. The summed E-state index contributed by atoms with van der Waals surface area (Å²) in [4.78, 5) is 41.5. The molecule has 0 bridgehead atoms. The molecule has 1 aromatic heterocycles.